The van der Waals surface area contributed by atoms with Gasteiger partial charge in [0.2, 0.25) is 0 Å². The van der Waals surface area contributed by atoms with Crippen LogP contribution in [0.4, 0.5) is 0 Å². The van der Waals surface area contributed by atoms with Crippen molar-refractivity contribution in [2.75, 3.05) is 0 Å². The van der Waals surface area contributed by atoms with Gasteiger partial charge in [0.1, 0.15) is 0 Å². The molecule has 0 bridgehead atoms. The Morgan fingerprint density at radius 3 is 1.20 bits per heavy atom. The van der Waals surface area contributed by atoms with Gasteiger partial charge in [-0.3, -0.25) is 0 Å². The zero-order valence-electron chi connectivity index (χ0n) is 7.20. The standard InChI is InChI=1S/Ca.Mg.Y.Zn.Zr.4H/q2*+2;;;;4*-1. The van der Waals surface area contributed by atoms with Gasteiger partial charge in [0.15, 0.2) is 0 Å². The molecule has 0 atom stereocenters. The first-order chi connectivity index (χ1) is 0. The van der Waals surface area contributed by atoms with Crippen LogP contribution in [0.15, 0.2) is 0 Å². The zero-order valence-corrected chi connectivity index (χ0v) is 15.1. The molecule has 0 aliphatic heterocycles. The minimum atomic E-state index is 0. The van der Waals surface area contributed by atoms with Crippen LogP contribution < -0.4 is 0 Å². The second-order valence-electron chi connectivity index (χ2n) is 0. The van der Waals surface area contributed by atoms with Crippen LogP contribution in [-0.4, -0.2) is 60.8 Å². The topological polar surface area (TPSA) is 0 Å². The minimum Gasteiger partial charge on any atom is -1.00 e. The summed E-state index contributed by atoms with van der Waals surface area (Å²) in [6.45, 7) is 0. The van der Waals surface area contributed by atoms with Gasteiger partial charge in [-0.2, -0.15) is 0 Å². The Morgan fingerprint density at radius 1 is 1.20 bits per heavy atom. The molecule has 0 unspecified atom stereocenters. The van der Waals surface area contributed by atoms with E-state index in [-0.39, 0.29) is 145 Å². The van der Waals surface area contributed by atoms with Crippen LogP contribution in [0.3, 0.4) is 0 Å². The Bertz CT molecular complexity index is 20.5. The zero-order chi connectivity index (χ0) is 0. The van der Waals surface area contributed by atoms with E-state index in [2.05, 4.69) is 0 Å². The second-order valence-corrected chi connectivity index (χ2v) is 0. The van der Waals surface area contributed by atoms with Crippen LogP contribution in [0.5, 0.6) is 0 Å². The van der Waals surface area contributed by atoms with Crippen molar-refractivity contribution in [2.24, 2.45) is 0 Å². The summed E-state index contributed by atoms with van der Waals surface area (Å²) in [6.07, 6.45) is 0. The van der Waals surface area contributed by atoms with Gasteiger partial charge < -0.3 is 5.71 Å². The minimum absolute atomic E-state index is 0. The van der Waals surface area contributed by atoms with Crippen LogP contribution in [-0.2, 0) is 78.4 Å². The smallest absolute Gasteiger partial charge is 1.00 e. The number of rotatable bonds is 0. The largest absolute Gasteiger partial charge is 2.00 e. The van der Waals surface area contributed by atoms with Crippen molar-refractivity contribution in [3.63, 3.8) is 0 Å². The summed E-state index contributed by atoms with van der Waals surface area (Å²) in [7, 11) is 0. The van der Waals surface area contributed by atoms with Crippen LogP contribution in [0.1, 0.15) is 5.71 Å². The van der Waals surface area contributed by atoms with Gasteiger partial charge in [0.25, 0.3) is 0 Å². The molecule has 0 aromatic rings. The van der Waals surface area contributed by atoms with Crippen molar-refractivity contribution < 1.29 is 84.1 Å². The van der Waals surface area contributed by atoms with Crippen molar-refractivity contribution in [2.45, 2.75) is 0 Å². The average molecular weight is 314 g/mol. The molecule has 0 aromatic carbocycles. The monoisotopic (exact) mass is 311 g/mol. The molecule has 0 saturated heterocycles. The fourth-order valence-electron chi connectivity index (χ4n) is 0. The Balaban J connectivity index is 0. The van der Waals surface area contributed by atoms with Gasteiger partial charge >= 0.3 is 60.8 Å². The molecule has 0 spiro atoms. The first-order valence-corrected chi connectivity index (χ1v) is 0. The van der Waals surface area contributed by atoms with E-state index in [0.29, 0.717) is 0 Å². The fraction of sp³-hybridized carbons (Fsp3) is 0. The molecule has 0 saturated carbocycles. The van der Waals surface area contributed by atoms with Crippen LogP contribution in [0, 0.1) is 0 Å². The van der Waals surface area contributed by atoms with Crippen molar-refractivity contribution in [3.05, 3.63) is 0 Å². The summed E-state index contributed by atoms with van der Waals surface area (Å²) in [5.74, 6) is 0. The molecule has 5 heteroatoms. The molecule has 0 aromatic heterocycles. The molecule has 0 rings (SSSR count). The molecule has 1 radical (unpaired) electrons. The molecule has 0 nitrogen and oxygen atoms in total. The van der Waals surface area contributed by atoms with Crippen molar-refractivity contribution in [3.8, 4) is 0 Å². The summed E-state index contributed by atoms with van der Waals surface area (Å²) >= 11 is 0. The molecule has 0 fully saturated rings. The molecule has 0 heterocycles. The normalized spacial score (nSPS) is 0. The summed E-state index contributed by atoms with van der Waals surface area (Å²) in [6, 6.07) is 0. The predicted molar refractivity (Wildman–Crippen MR) is 16.0 cm³/mol. The third-order valence-electron chi connectivity index (χ3n) is 0. The molecule has 5 heavy (non-hydrogen) atoms. The Morgan fingerprint density at radius 2 is 1.20 bits per heavy atom. The van der Waals surface area contributed by atoms with Gasteiger partial charge in [-0.25, -0.2) is 0 Å². The Hall–Kier alpha value is 4.64. The molecule has 0 N–H and O–H groups in total. The summed E-state index contributed by atoms with van der Waals surface area (Å²) in [5, 5.41) is 0. The maximum Gasteiger partial charge on any atom is 2.00 e. The van der Waals surface area contributed by atoms with Crippen LogP contribution in [0.2, 0.25) is 0 Å². The first-order valence-electron chi connectivity index (χ1n) is 0. The van der Waals surface area contributed by atoms with Gasteiger partial charge in [0, 0.05) is 78.4 Å². The van der Waals surface area contributed by atoms with E-state index in [1.54, 1.807) is 0 Å². The summed E-state index contributed by atoms with van der Waals surface area (Å²) < 4.78 is 0. The second kappa shape index (κ2) is 23.4. The first kappa shape index (κ1) is 33.4. The SMILES string of the molecule is [Ca+2].[H-].[H-].[H-].[H-].[Mg+2].[Y].[Zn].[Zr]. The van der Waals surface area contributed by atoms with Crippen molar-refractivity contribution in [1.82, 2.24) is 0 Å². The molecule has 17 valence electrons. The van der Waals surface area contributed by atoms with E-state index in [4.69, 9.17) is 0 Å². The Kier molecular flexibility index (Phi) is 157. The molecule has 0 aliphatic rings. The van der Waals surface area contributed by atoms with Gasteiger partial charge in [-0.05, 0) is 0 Å². The maximum absolute atomic E-state index is 0. The van der Waals surface area contributed by atoms with Crippen molar-refractivity contribution in [1.29, 1.82) is 0 Å². The maximum atomic E-state index is 0. The average Bonchev–Trinajstić information content (AvgIpc) is 0. The van der Waals surface area contributed by atoms with Gasteiger partial charge in [-0.1, -0.05) is 0 Å². The quantitative estimate of drug-likeness (QED) is 0.538. The molecule has 0 amide bonds. The summed E-state index contributed by atoms with van der Waals surface area (Å²) in [5.41, 5.74) is 0. The van der Waals surface area contributed by atoms with E-state index in [1.165, 1.54) is 0 Å². The number of hydrogen-bond acceptors (Lipinski definition) is 0. The third kappa shape index (κ3) is 17.7. The molecular formula is H4CaMgYZnZr. The van der Waals surface area contributed by atoms with Crippen molar-refractivity contribution >= 4 is 60.8 Å². The molecular weight excluding hydrogens is 310 g/mol. The molecule has 0 aliphatic carbocycles. The van der Waals surface area contributed by atoms with Gasteiger partial charge in [-0.15, -0.1) is 0 Å². The number of hydrogen-bond donors (Lipinski definition) is 0. The van der Waals surface area contributed by atoms with E-state index in [0.717, 1.165) is 0 Å². The van der Waals surface area contributed by atoms with E-state index >= 15 is 0 Å². The predicted octanol–water partition coefficient (Wildman–Crippen LogP) is -0.319. The Labute approximate surface area is 141 Å². The fourth-order valence-corrected chi connectivity index (χ4v) is 0. The van der Waals surface area contributed by atoms with Crippen LogP contribution in [0.25, 0.3) is 0 Å². The van der Waals surface area contributed by atoms with Gasteiger partial charge in [0.05, 0.1) is 0 Å². The third-order valence-corrected chi connectivity index (χ3v) is 0. The van der Waals surface area contributed by atoms with E-state index in [9.17, 15) is 0 Å². The van der Waals surface area contributed by atoms with Crippen LogP contribution >= 0.6 is 0 Å². The van der Waals surface area contributed by atoms with E-state index < -0.39 is 0 Å². The van der Waals surface area contributed by atoms with E-state index in [1.807, 2.05) is 0 Å². The summed E-state index contributed by atoms with van der Waals surface area (Å²) in [4.78, 5) is 0.